The third-order valence-electron chi connectivity index (χ3n) is 5.02. The third-order valence-corrected chi connectivity index (χ3v) is 5.02. The fourth-order valence-corrected chi connectivity index (χ4v) is 3.61. The van der Waals surface area contributed by atoms with Gasteiger partial charge in [0.05, 0.1) is 17.3 Å². The molecule has 5 nitrogen and oxygen atoms in total. The first-order chi connectivity index (χ1) is 12.3. The van der Waals surface area contributed by atoms with Crippen LogP contribution < -0.4 is 10.2 Å². The molecule has 0 amide bonds. The highest BCUT2D eigenvalue weighted by Gasteiger charge is 2.20. The molecule has 2 unspecified atom stereocenters. The van der Waals surface area contributed by atoms with Crippen LogP contribution in [0.4, 0.5) is 5.95 Å². The van der Waals surface area contributed by atoms with Crippen molar-refractivity contribution < 1.29 is 5.11 Å². The van der Waals surface area contributed by atoms with Gasteiger partial charge in [-0.25, -0.2) is 9.97 Å². The fourth-order valence-electron chi connectivity index (χ4n) is 3.61. The van der Waals surface area contributed by atoms with Crippen LogP contribution in [-0.4, -0.2) is 47.4 Å². The van der Waals surface area contributed by atoms with E-state index in [2.05, 4.69) is 28.1 Å². The van der Waals surface area contributed by atoms with Crippen LogP contribution in [0.15, 0.2) is 36.1 Å². The Morgan fingerprint density at radius 1 is 1.16 bits per heavy atom. The maximum atomic E-state index is 9.65. The number of para-hydroxylation sites is 1. The molecule has 25 heavy (non-hydrogen) atoms. The van der Waals surface area contributed by atoms with Gasteiger partial charge < -0.3 is 15.3 Å². The second-order valence-electron chi connectivity index (χ2n) is 6.87. The minimum atomic E-state index is -0.151. The zero-order valence-electron chi connectivity index (χ0n) is 14.4. The molecule has 1 aromatic carbocycles. The van der Waals surface area contributed by atoms with Crippen LogP contribution in [-0.2, 0) is 0 Å². The van der Waals surface area contributed by atoms with E-state index < -0.39 is 0 Å². The zero-order valence-corrected chi connectivity index (χ0v) is 14.4. The van der Waals surface area contributed by atoms with Crippen LogP contribution in [0.1, 0.15) is 25.0 Å². The minimum absolute atomic E-state index is 0.151. The van der Waals surface area contributed by atoms with Crippen molar-refractivity contribution in [2.24, 2.45) is 5.92 Å². The molecule has 1 aromatic heterocycles. The number of allylic oxidation sites excluding steroid dienone is 1. The predicted octanol–water partition coefficient (Wildman–Crippen LogP) is 2.37. The average Bonchev–Trinajstić information content (AvgIpc) is 3.07. The van der Waals surface area contributed by atoms with Crippen molar-refractivity contribution in [3.05, 3.63) is 41.8 Å². The van der Waals surface area contributed by atoms with Gasteiger partial charge in [0, 0.05) is 37.6 Å². The van der Waals surface area contributed by atoms with Crippen LogP contribution >= 0.6 is 0 Å². The van der Waals surface area contributed by atoms with Gasteiger partial charge in [0.15, 0.2) is 0 Å². The van der Waals surface area contributed by atoms with E-state index >= 15 is 0 Å². The lowest BCUT2D eigenvalue weighted by Gasteiger charge is -2.27. The van der Waals surface area contributed by atoms with E-state index in [1.54, 1.807) is 0 Å². The highest BCUT2D eigenvalue weighted by atomic mass is 16.3. The van der Waals surface area contributed by atoms with Gasteiger partial charge in [-0.15, -0.1) is 5.73 Å². The van der Waals surface area contributed by atoms with E-state index in [-0.39, 0.29) is 6.10 Å². The molecule has 5 heteroatoms. The van der Waals surface area contributed by atoms with Crippen molar-refractivity contribution in [2.45, 2.75) is 25.4 Å². The molecule has 2 aromatic rings. The first kappa shape index (κ1) is 16.3. The summed E-state index contributed by atoms with van der Waals surface area (Å²) in [6, 6.07) is 8.13. The molecular formula is C20H24N4O. The molecule has 1 aliphatic heterocycles. The predicted molar refractivity (Wildman–Crippen MR) is 101 cm³/mol. The smallest absolute Gasteiger partial charge is 0.226 e. The second kappa shape index (κ2) is 7.36. The molecule has 1 saturated heterocycles. The topological polar surface area (TPSA) is 61.3 Å². The SMILES string of the molecule is OC1CCC(C=C=Cc2nc(N3CCNCC3)nc3ccccc23)C1. The van der Waals surface area contributed by atoms with Gasteiger partial charge in [0.25, 0.3) is 0 Å². The summed E-state index contributed by atoms with van der Waals surface area (Å²) in [5.41, 5.74) is 5.18. The maximum absolute atomic E-state index is 9.65. The van der Waals surface area contributed by atoms with E-state index in [1.807, 2.05) is 24.3 Å². The maximum Gasteiger partial charge on any atom is 0.226 e. The Kier molecular flexibility index (Phi) is 4.79. The summed E-state index contributed by atoms with van der Waals surface area (Å²) in [5, 5.41) is 14.1. The monoisotopic (exact) mass is 336 g/mol. The van der Waals surface area contributed by atoms with Crippen molar-refractivity contribution in [1.29, 1.82) is 0 Å². The Balaban J connectivity index is 1.67. The number of hydrogen-bond donors (Lipinski definition) is 2. The summed E-state index contributed by atoms with van der Waals surface area (Å²) < 4.78 is 0. The average molecular weight is 336 g/mol. The van der Waals surface area contributed by atoms with Gasteiger partial charge in [-0.05, 0) is 37.3 Å². The number of nitrogens with zero attached hydrogens (tertiary/aromatic N) is 3. The number of fused-ring (bicyclic) bond motifs is 1. The zero-order chi connectivity index (χ0) is 17.1. The van der Waals surface area contributed by atoms with Crippen molar-refractivity contribution in [1.82, 2.24) is 15.3 Å². The number of benzene rings is 1. The third kappa shape index (κ3) is 3.74. The van der Waals surface area contributed by atoms with E-state index in [4.69, 9.17) is 9.97 Å². The standard InChI is InChI=1S/C20H24N4O/c25-16-9-8-15(14-16)4-3-7-19-17-5-1-2-6-18(17)22-20(23-19)24-12-10-21-11-13-24/h1-2,4-7,15-16,21,25H,8-14H2. The van der Waals surface area contributed by atoms with Gasteiger partial charge in [0.2, 0.25) is 5.95 Å². The van der Waals surface area contributed by atoms with Gasteiger partial charge >= 0.3 is 0 Å². The van der Waals surface area contributed by atoms with Gasteiger partial charge in [-0.3, -0.25) is 0 Å². The number of aliphatic hydroxyl groups is 1. The number of anilines is 1. The second-order valence-corrected chi connectivity index (χ2v) is 6.87. The lowest BCUT2D eigenvalue weighted by molar-refractivity contribution is 0.180. The first-order valence-electron chi connectivity index (χ1n) is 9.13. The van der Waals surface area contributed by atoms with Gasteiger partial charge in [0.1, 0.15) is 0 Å². The summed E-state index contributed by atoms with van der Waals surface area (Å²) in [7, 11) is 0. The largest absolute Gasteiger partial charge is 0.393 e. The van der Waals surface area contributed by atoms with E-state index in [0.717, 1.165) is 68.0 Å². The van der Waals surface area contributed by atoms with Crippen molar-refractivity contribution in [3.8, 4) is 0 Å². The van der Waals surface area contributed by atoms with Gasteiger partial charge in [-0.2, -0.15) is 0 Å². The van der Waals surface area contributed by atoms with E-state index in [9.17, 15) is 5.11 Å². The van der Waals surface area contributed by atoms with Crippen molar-refractivity contribution in [2.75, 3.05) is 31.1 Å². The number of aromatic nitrogens is 2. The molecule has 2 fully saturated rings. The normalized spacial score (nSPS) is 23.5. The summed E-state index contributed by atoms with van der Waals surface area (Å²) in [4.78, 5) is 11.8. The quantitative estimate of drug-likeness (QED) is 0.843. The lowest BCUT2D eigenvalue weighted by atomic mass is 10.1. The highest BCUT2D eigenvalue weighted by Crippen LogP contribution is 2.26. The Labute approximate surface area is 148 Å². The summed E-state index contributed by atoms with van der Waals surface area (Å²) in [5.74, 6) is 1.22. The van der Waals surface area contributed by atoms with E-state index in [1.165, 1.54) is 0 Å². The molecule has 2 aliphatic rings. The van der Waals surface area contributed by atoms with Crippen molar-refractivity contribution >= 4 is 22.9 Å². The summed E-state index contributed by atoms with van der Waals surface area (Å²) in [6.07, 6.45) is 6.67. The molecular weight excluding hydrogens is 312 g/mol. The van der Waals surface area contributed by atoms with Crippen LogP contribution in [0, 0.1) is 5.92 Å². The molecule has 1 saturated carbocycles. The molecule has 2 atom stereocenters. The molecule has 2 heterocycles. The Hall–Kier alpha value is -2.20. The minimum Gasteiger partial charge on any atom is -0.393 e. The fraction of sp³-hybridized carbons (Fsp3) is 0.450. The number of aliphatic hydroxyl groups excluding tert-OH is 1. The number of nitrogens with one attached hydrogen (secondary N) is 1. The van der Waals surface area contributed by atoms with E-state index in [0.29, 0.717) is 5.92 Å². The Bertz CT molecular complexity index is 806. The van der Waals surface area contributed by atoms with Crippen LogP contribution in [0.2, 0.25) is 0 Å². The lowest BCUT2D eigenvalue weighted by Crippen LogP contribution is -2.44. The molecule has 0 bridgehead atoms. The molecule has 1 aliphatic carbocycles. The summed E-state index contributed by atoms with van der Waals surface area (Å²) >= 11 is 0. The number of hydrogen-bond acceptors (Lipinski definition) is 5. The number of piperazine rings is 1. The Morgan fingerprint density at radius 3 is 2.80 bits per heavy atom. The van der Waals surface area contributed by atoms with Crippen LogP contribution in [0.25, 0.3) is 17.0 Å². The molecule has 2 N–H and O–H groups in total. The molecule has 0 spiro atoms. The molecule has 4 rings (SSSR count). The van der Waals surface area contributed by atoms with Gasteiger partial charge in [-0.1, -0.05) is 18.2 Å². The highest BCUT2D eigenvalue weighted by molar-refractivity contribution is 5.87. The first-order valence-corrected chi connectivity index (χ1v) is 9.13. The van der Waals surface area contributed by atoms with Crippen molar-refractivity contribution in [3.63, 3.8) is 0 Å². The molecule has 0 radical (unpaired) electrons. The van der Waals surface area contributed by atoms with Crippen LogP contribution in [0.5, 0.6) is 0 Å². The number of rotatable bonds is 3. The van der Waals surface area contributed by atoms with Crippen LogP contribution in [0.3, 0.4) is 0 Å². The summed E-state index contributed by atoms with van der Waals surface area (Å²) in [6.45, 7) is 3.78. The Morgan fingerprint density at radius 2 is 2.00 bits per heavy atom. The molecule has 130 valence electrons.